The van der Waals surface area contributed by atoms with Crippen LogP contribution in [0.2, 0.25) is 0 Å². The second-order valence-corrected chi connectivity index (χ2v) is 4.74. The predicted molar refractivity (Wildman–Crippen MR) is 79.3 cm³/mol. The maximum atomic E-state index is 9.98. The number of tetrazole rings is 1. The molecule has 6 heteroatoms. The number of rotatable bonds is 4. The zero-order valence-electron chi connectivity index (χ0n) is 11.6. The Labute approximate surface area is 122 Å². The Morgan fingerprint density at radius 2 is 1.95 bits per heavy atom. The van der Waals surface area contributed by atoms with Crippen molar-refractivity contribution in [2.45, 2.75) is 13.5 Å². The van der Waals surface area contributed by atoms with E-state index < -0.39 is 0 Å². The normalized spacial score (nSPS) is 10.5. The first-order valence-corrected chi connectivity index (χ1v) is 6.59. The van der Waals surface area contributed by atoms with Crippen LogP contribution >= 0.6 is 0 Å². The first kappa shape index (κ1) is 13.1. The van der Waals surface area contributed by atoms with Gasteiger partial charge < -0.3 is 10.4 Å². The fourth-order valence-corrected chi connectivity index (χ4v) is 2.07. The summed E-state index contributed by atoms with van der Waals surface area (Å²) >= 11 is 0. The van der Waals surface area contributed by atoms with Crippen molar-refractivity contribution >= 4 is 5.69 Å². The molecule has 0 aliphatic rings. The highest BCUT2D eigenvalue weighted by Gasteiger charge is 2.03. The smallest absolute Gasteiger partial charge is 0.143 e. The number of anilines is 1. The number of benzene rings is 2. The van der Waals surface area contributed by atoms with Crippen LogP contribution in [0.1, 0.15) is 11.1 Å². The summed E-state index contributed by atoms with van der Waals surface area (Å²) in [6.07, 6.45) is 1.55. The van der Waals surface area contributed by atoms with Gasteiger partial charge in [0.1, 0.15) is 12.1 Å². The SMILES string of the molecule is Cc1cccc(CNc2ccc(-n3cnnn3)cc2)c1O. The number of para-hydroxylation sites is 1. The molecule has 0 atom stereocenters. The molecule has 0 amide bonds. The quantitative estimate of drug-likeness (QED) is 0.767. The van der Waals surface area contributed by atoms with E-state index in [1.807, 2.05) is 49.4 Å². The third-order valence-electron chi connectivity index (χ3n) is 3.29. The largest absolute Gasteiger partial charge is 0.507 e. The summed E-state index contributed by atoms with van der Waals surface area (Å²) in [6.45, 7) is 2.46. The van der Waals surface area contributed by atoms with Crippen molar-refractivity contribution in [1.82, 2.24) is 20.2 Å². The lowest BCUT2D eigenvalue weighted by Gasteiger charge is -2.10. The minimum atomic E-state index is 0.343. The van der Waals surface area contributed by atoms with Gasteiger partial charge in [-0.2, -0.15) is 0 Å². The Hall–Kier alpha value is -2.89. The number of hydrogen-bond donors (Lipinski definition) is 2. The lowest BCUT2D eigenvalue weighted by Crippen LogP contribution is -2.01. The fraction of sp³-hybridized carbons (Fsp3) is 0.133. The zero-order chi connectivity index (χ0) is 14.7. The molecule has 6 nitrogen and oxygen atoms in total. The summed E-state index contributed by atoms with van der Waals surface area (Å²) in [4.78, 5) is 0. The van der Waals surface area contributed by atoms with E-state index in [1.54, 1.807) is 11.0 Å². The van der Waals surface area contributed by atoms with Gasteiger partial charge in [-0.1, -0.05) is 18.2 Å². The van der Waals surface area contributed by atoms with E-state index in [0.29, 0.717) is 12.3 Å². The molecule has 2 aromatic carbocycles. The number of aromatic nitrogens is 4. The van der Waals surface area contributed by atoms with Gasteiger partial charge in [0.15, 0.2) is 0 Å². The van der Waals surface area contributed by atoms with Crippen LogP contribution in [0.15, 0.2) is 48.8 Å². The van der Waals surface area contributed by atoms with E-state index in [4.69, 9.17) is 0 Å². The summed E-state index contributed by atoms with van der Waals surface area (Å²) in [5.74, 6) is 0.343. The molecule has 0 aliphatic heterocycles. The number of nitrogens with zero attached hydrogens (tertiary/aromatic N) is 4. The molecule has 0 saturated heterocycles. The molecule has 21 heavy (non-hydrogen) atoms. The van der Waals surface area contributed by atoms with Crippen molar-refractivity contribution in [3.63, 3.8) is 0 Å². The molecular formula is C15H15N5O. The van der Waals surface area contributed by atoms with E-state index in [2.05, 4.69) is 20.8 Å². The van der Waals surface area contributed by atoms with Crippen molar-refractivity contribution in [2.24, 2.45) is 0 Å². The average molecular weight is 281 g/mol. The second-order valence-electron chi connectivity index (χ2n) is 4.74. The van der Waals surface area contributed by atoms with Gasteiger partial charge in [-0.3, -0.25) is 0 Å². The van der Waals surface area contributed by atoms with Gasteiger partial charge in [0.2, 0.25) is 0 Å². The van der Waals surface area contributed by atoms with Gasteiger partial charge in [0.05, 0.1) is 5.69 Å². The van der Waals surface area contributed by atoms with E-state index >= 15 is 0 Å². The molecule has 3 rings (SSSR count). The van der Waals surface area contributed by atoms with Crippen LogP contribution < -0.4 is 5.32 Å². The molecule has 0 bridgehead atoms. The van der Waals surface area contributed by atoms with E-state index in [0.717, 1.165) is 22.5 Å². The molecule has 0 aliphatic carbocycles. The highest BCUT2D eigenvalue weighted by molar-refractivity contribution is 5.50. The summed E-state index contributed by atoms with van der Waals surface area (Å²) in [5.41, 5.74) is 3.61. The molecule has 0 fully saturated rings. The van der Waals surface area contributed by atoms with Crippen LogP contribution in [0.5, 0.6) is 5.75 Å². The summed E-state index contributed by atoms with van der Waals surface area (Å²) in [6, 6.07) is 13.5. The van der Waals surface area contributed by atoms with Crippen LogP contribution in [-0.4, -0.2) is 25.3 Å². The predicted octanol–water partition coefficient (Wildman–Crippen LogP) is 2.29. The van der Waals surface area contributed by atoms with Crippen LogP contribution in [-0.2, 0) is 6.54 Å². The molecule has 1 heterocycles. The Morgan fingerprint density at radius 1 is 1.14 bits per heavy atom. The standard InChI is InChI=1S/C15H15N5O/c1-11-3-2-4-12(15(11)21)9-16-13-5-7-14(8-6-13)20-10-17-18-19-20/h2-8,10,16,21H,9H2,1H3. The van der Waals surface area contributed by atoms with Crippen LogP contribution in [0.25, 0.3) is 5.69 Å². The Balaban J connectivity index is 1.70. The number of phenols is 1. The van der Waals surface area contributed by atoms with Crippen LogP contribution in [0.3, 0.4) is 0 Å². The van der Waals surface area contributed by atoms with Gasteiger partial charge >= 0.3 is 0 Å². The molecule has 0 spiro atoms. The van der Waals surface area contributed by atoms with Crippen LogP contribution in [0, 0.1) is 6.92 Å². The summed E-state index contributed by atoms with van der Waals surface area (Å²) < 4.78 is 1.59. The molecule has 2 N–H and O–H groups in total. The average Bonchev–Trinajstić information content (AvgIpc) is 3.04. The van der Waals surface area contributed by atoms with Gasteiger partial charge in [0.25, 0.3) is 0 Å². The molecule has 106 valence electrons. The maximum absolute atomic E-state index is 9.98. The molecule has 1 aromatic heterocycles. The van der Waals surface area contributed by atoms with Crippen molar-refractivity contribution < 1.29 is 5.11 Å². The number of hydrogen-bond acceptors (Lipinski definition) is 5. The lowest BCUT2D eigenvalue weighted by molar-refractivity contribution is 0.465. The molecule has 0 radical (unpaired) electrons. The third kappa shape index (κ3) is 2.84. The minimum absolute atomic E-state index is 0.343. The maximum Gasteiger partial charge on any atom is 0.143 e. The second kappa shape index (κ2) is 5.62. The van der Waals surface area contributed by atoms with Gasteiger partial charge in [-0.25, -0.2) is 4.68 Å². The van der Waals surface area contributed by atoms with E-state index in [1.165, 1.54) is 0 Å². The molecule has 3 aromatic rings. The van der Waals surface area contributed by atoms with Crippen molar-refractivity contribution in [2.75, 3.05) is 5.32 Å². The first-order valence-electron chi connectivity index (χ1n) is 6.59. The number of phenolic OH excluding ortho intramolecular Hbond substituents is 1. The molecule has 0 unspecified atom stereocenters. The lowest BCUT2D eigenvalue weighted by atomic mass is 10.1. The Kier molecular flexibility index (Phi) is 3.51. The number of aryl methyl sites for hydroxylation is 1. The van der Waals surface area contributed by atoms with Gasteiger partial charge in [0, 0.05) is 17.8 Å². The summed E-state index contributed by atoms with van der Waals surface area (Å²) in [5, 5.41) is 24.3. The molecule has 0 saturated carbocycles. The first-order chi connectivity index (χ1) is 10.2. The van der Waals surface area contributed by atoms with Crippen molar-refractivity contribution in [3.8, 4) is 11.4 Å². The summed E-state index contributed by atoms with van der Waals surface area (Å²) in [7, 11) is 0. The van der Waals surface area contributed by atoms with Gasteiger partial charge in [-0.15, -0.1) is 5.10 Å². The monoisotopic (exact) mass is 281 g/mol. The van der Waals surface area contributed by atoms with Crippen molar-refractivity contribution in [3.05, 3.63) is 59.9 Å². The van der Waals surface area contributed by atoms with E-state index in [-0.39, 0.29) is 0 Å². The van der Waals surface area contributed by atoms with E-state index in [9.17, 15) is 5.11 Å². The van der Waals surface area contributed by atoms with Crippen molar-refractivity contribution in [1.29, 1.82) is 0 Å². The number of aromatic hydroxyl groups is 1. The Morgan fingerprint density at radius 3 is 2.67 bits per heavy atom. The molecular weight excluding hydrogens is 266 g/mol. The highest BCUT2D eigenvalue weighted by atomic mass is 16.3. The zero-order valence-corrected chi connectivity index (χ0v) is 11.6. The fourth-order valence-electron chi connectivity index (χ4n) is 2.07. The topological polar surface area (TPSA) is 75.9 Å². The third-order valence-corrected chi connectivity index (χ3v) is 3.29. The Bertz CT molecular complexity index is 722. The van der Waals surface area contributed by atoms with Crippen LogP contribution in [0.4, 0.5) is 5.69 Å². The minimum Gasteiger partial charge on any atom is -0.507 e. The highest BCUT2D eigenvalue weighted by Crippen LogP contribution is 2.22. The number of nitrogens with one attached hydrogen (secondary N) is 1. The van der Waals surface area contributed by atoms with Gasteiger partial charge in [-0.05, 0) is 47.2 Å².